The summed E-state index contributed by atoms with van der Waals surface area (Å²) in [5.41, 5.74) is 3.22. The number of hydrogen-bond acceptors (Lipinski definition) is 5. The Morgan fingerprint density at radius 1 is 1.23 bits per heavy atom. The van der Waals surface area contributed by atoms with Crippen LogP contribution in [0, 0.1) is 13.8 Å². The van der Waals surface area contributed by atoms with Crippen LogP contribution >= 0.6 is 0 Å². The number of aromatic nitrogens is 4. The molecule has 1 saturated heterocycles. The first-order valence-corrected chi connectivity index (χ1v) is 9.04. The van der Waals surface area contributed by atoms with E-state index in [-0.39, 0.29) is 6.04 Å². The SMILES string of the molecule is Cc1cc(-c2cc(C)[nH]n2)nc([C@@H]2CCCN2S(C)(=O)=O)n1. The highest BCUT2D eigenvalue weighted by atomic mass is 32.2. The average Bonchev–Trinajstić information content (AvgIpc) is 3.05. The van der Waals surface area contributed by atoms with Gasteiger partial charge in [-0.3, -0.25) is 5.10 Å². The Hall–Kier alpha value is -1.80. The van der Waals surface area contributed by atoms with Crippen LogP contribution in [0.3, 0.4) is 0 Å². The minimum absolute atomic E-state index is 0.284. The molecule has 0 unspecified atom stereocenters. The predicted octanol–water partition coefficient (Wildman–Crippen LogP) is 1.58. The largest absolute Gasteiger partial charge is 0.282 e. The molecule has 1 N–H and O–H groups in total. The molecule has 118 valence electrons. The zero-order valence-corrected chi connectivity index (χ0v) is 13.7. The summed E-state index contributed by atoms with van der Waals surface area (Å²) in [7, 11) is -3.25. The number of sulfonamides is 1. The Bertz CT molecular complexity index is 799. The predicted molar refractivity (Wildman–Crippen MR) is 82.6 cm³/mol. The van der Waals surface area contributed by atoms with E-state index in [1.54, 1.807) is 0 Å². The van der Waals surface area contributed by atoms with Gasteiger partial charge in [-0.25, -0.2) is 18.4 Å². The normalized spacial score (nSPS) is 19.7. The molecule has 0 spiro atoms. The molecule has 1 fully saturated rings. The molecule has 0 aromatic carbocycles. The first-order chi connectivity index (χ1) is 10.3. The van der Waals surface area contributed by atoms with Crippen LogP contribution < -0.4 is 0 Å². The van der Waals surface area contributed by atoms with Crippen molar-refractivity contribution in [2.24, 2.45) is 0 Å². The topological polar surface area (TPSA) is 91.8 Å². The van der Waals surface area contributed by atoms with E-state index >= 15 is 0 Å². The van der Waals surface area contributed by atoms with Gasteiger partial charge in [0.1, 0.15) is 11.5 Å². The van der Waals surface area contributed by atoms with Crippen molar-refractivity contribution in [3.8, 4) is 11.4 Å². The Balaban J connectivity index is 2.03. The summed E-state index contributed by atoms with van der Waals surface area (Å²) in [5, 5.41) is 7.11. The lowest BCUT2D eigenvalue weighted by molar-refractivity contribution is 0.386. The van der Waals surface area contributed by atoms with Crippen molar-refractivity contribution in [1.29, 1.82) is 0 Å². The number of aryl methyl sites for hydroxylation is 2. The van der Waals surface area contributed by atoms with Crippen LogP contribution in [0.2, 0.25) is 0 Å². The monoisotopic (exact) mass is 321 g/mol. The molecule has 0 saturated carbocycles. The molecule has 0 amide bonds. The van der Waals surface area contributed by atoms with Crippen LogP contribution in [0.25, 0.3) is 11.4 Å². The van der Waals surface area contributed by atoms with Crippen LogP contribution in [-0.2, 0) is 10.0 Å². The van der Waals surface area contributed by atoms with Crippen LogP contribution in [0.4, 0.5) is 0 Å². The molecule has 0 aliphatic carbocycles. The smallest absolute Gasteiger partial charge is 0.211 e. The van der Waals surface area contributed by atoms with Crippen molar-refractivity contribution in [3.63, 3.8) is 0 Å². The molecule has 2 aromatic rings. The number of rotatable bonds is 3. The average molecular weight is 321 g/mol. The fourth-order valence-electron chi connectivity index (χ4n) is 2.82. The number of H-pyrrole nitrogens is 1. The van der Waals surface area contributed by atoms with Gasteiger partial charge in [0.15, 0.2) is 0 Å². The number of aromatic amines is 1. The highest BCUT2D eigenvalue weighted by Crippen LogP contribution is 2.32. The lowest BCUT2D eigenvalue weighted by atomic mass is 10.2. The number of nitrogens with zero attached hydrogens (tertiary/aromatic N) is 4. The molecule has 1 aliphatic rings. The van der Waals surface area contributed by atoms with Gasteiger partial charge in [0.05, 0.1) is 18.0 Å². The summed E-state index contributed by atoms with van der Waals surface area (Å²) >= 11 is 0. The molecule has 1 atom stereocenters. The minimum atomic E-state index is -3.25. The van der Waals surface area contributed by atoms with Crippen molar-refractivity contribution in [3.05, 3.63) is 29.3 Å². The molecule has 2 aromatic heterocycles. The van der Waals surface area contributed by atoms with Crippen molar-refractivity contribution < 1.29 is 8.42 Å². The Morgan fingerprint density at radius 2 is 2.00 bits per heavy atom. The van der Waals surface area contributed by atoms with Crippen molar-refractivity contribution in [2.75, 3.05) is 12.8 Å². The fourth-order valence-corrected chi connectivity index (χ4v) is 3.94. The van der Waals surface area contributed by atoms with Gasteiger partial charge in [0.25, 0.3) is 0 Å². The van der Waals surface area contributed by atoms with Gasteiger partial charge in [-0.05, 0) is 38.8 Å². The zero-order chi connectivity index (χ0) is 15.9. The highest BCUT2D eigenvalue weighted by Gasteiger charge is 2.34. The van der Waals surface area contributed by atoms with Gasteiger partial charge >= 0.3 is 0 Å². The van der Waals surface area contributed by atoms with Gasteiger partial charge in [0, 0.05) is 17.9 Å². The number of nitrogens with one attached hydrogen (secondary N) is 1. The summed E-state index contributed by atoms with van der Waals surface area (Å²) in [6.07, 6.45) is 2.81. The van der Waals surface area contributed by atoms with Crippen LogP contribution in [0.5, 0.6) is 0 Å². The summed E-state index contributed by atoms with van der Waals surface area (Å²) in [4.78, 5) is 9.02. The molecule has 3 rings (SSSR count). The molecule has 7 nitrogen and oxygen atoms in total. The van der Waals surface area contributed by atoms with E-state index in [9.17, 15) is 8.42 Å². The zero-order valence-electron chi connectivity index (χ0n) is 12.9. The quantitative estimate of drug-likeness (QED) is 0.926. The molecule has 3 heterocycles. The third-order valence-electron chi connectivity index (χ3n) is 3.77. The third kappa shape index (κ3) is 2.89. The van der Waals surface area contributed by atoms with E-state index in [1.165, 1.54) is 10.6 Å². The molecule has 8 heteroatoms. The van der Waals surface area contributed by atoms with Crippen LogP contribution in [0.1, 0.15) is 36.1 Å². The van der Waals surface area contributed by atoms with Gasteiger partial charge in [-0.2, -0.15) is 9.40 Å². The van der Waals surface area contributed by atoms with E-state index in [1.807, 2.05) is 26.0 Å². The van der Waals surface area contributed by atoms with Gasteiger partial charge in [0.2, 0.25) is 10.0 Å². The van der Waals surface area contributed by atoms with Crippen LogP contribution in [-0.4, -0.2) is 45.7 Å². The number of hydrogen-bond donors (Lipinski definition) is 1. The second kappa shape index (κ2) is 5.44. The molecular formula is C14H19N5O2S. The van der Waals surface area contributed by atoms with Gasteiger partial charge in [-0.15, -0.1) is 0 Å². The summed E-state index contributed by atoms with van der Waals surface area (Å²) in [5.74, 6) is 0.554. The van der Waals surface area contributed by atoms with Crippen molar-refractivity contribution in [1.82, 2.24) is 24.5 Å². The summed E-state index contributed by atoms with van der Waals surface area (Å²) in [6.45, 7) is 4.33. The minimum Gasteiger partial charge on any atom is -0.282 e. The van der Waals surface area contributed by atoms with Gasteiger partial charge in [-0.1, -0.05) is 0 Å². The van der Waals surface area contributed by atoms with E-state index < -0.39 is 10.0 Å². The molecule has 22 heavy (non-hydrogen) atoms. The molecule has 0 radical (unpaired) electrons. The molecular weight excluding hydrogens is 302 g/mol. The van der Waals surface area contributed by atoms with E-state index in [2.05, 4.69) is 20.2 Å². The lowest BCUT2D eigenvalue weighted by Crippen LogP contribution is -2.30. The standard InChI is InChI=1S/C14H19N5O2S/c1-9-7-11(12-8-10(2)17-18-12)16-14(15-9)13-5-4-6-19(13)22(3,20)21/h7-8,13H,4-6H2,1-3H3,(H,17,18)/t13-/m0/s1. The first kappa shape index (κ1) is 15.1. The van der Waals surface area contributed by atoms with Crippen molar-refractivity contribution in [2.45, 2.75) is 32.7 Å². The first-order valence-electron chi connectivity index (χ1n) is 7.19. The van der Waals surface area contributed by atoms with Crippen LogP contribution in [0.15, 0.2) is 12.1 Å². The molecule has 1 aliphatic heterocycles. The second-order valence-electron chi connectivity index (χ2n) is 5.72. The Morgan fingerprint density at radius 3 is 2.64 bits per heavy atom. The highest BCUT2D eigenvalue weighted by molar-refractivity contribution is 7.88. The maximum absolute atomic E-state index is 11.9. The Labute approximate surface area is 129 Å². The van der Waals surface area contributed by atoms with E-state index in [4.69, 9.17) is 0 Å². The fraction of sp³-hybridized carbons (Fsp3) is 0.500. The van der Waals surface area contributed by atoms with E-state index in [0.717, 1.165) is 29.9 Å². The second-order valence-corrected chi connectivity index (χ2v) is 7.66. The van der Waals surface area contributed by atoms with E-state index in [0.29, 0.717) is 18.1 Å². The summed E-state index contributed by atoms with van der Waals surface area (Å²) in [6, 6.07) is 3.49. The van der Waals surface area contributed by atoms with Crippen molar-refractivity contribution >= 4 is 10.0 Å². The summed E-state index contributed by atoms with van der Waals surface area (Å²) < 4.78 is 25.3. The van der Waals surface area contributed by atoms with Gasteiger partial charge < -0.3 is 0 Å². The maximum Gasteiger partial charge on any atom is 0.211 e. The third-order valence-corrected chi connectivity index (χ3v) is 5.06. The lowest BCUT2D eigenvalue weighted by Gasteiger charge is -2.21. The molecule has 0 bridgehead atoms. The Kier molecular flexibility index (Phi) is 3.73. The maximum atomic E-state index is 11.9.